The molecule has 0 N–H and O–H groups in total. The summed E-state index contributed by atoms with van der Waals surface area (Å²) in [6.07, 6.45) is 4.07. The predicted molar refractivity (Wildman–Crippen MR) is 69.8 cm³/mol. The van der Waals surface area contributed by atoms with Crippen molar-refractivity contribution in [1.29, 1.82) is 0 Å². The number of rotatable bonds is 3. The second-order valence-electron chi connectivity index (χ2n) is 5.14. The minimum absolute atomic E-state index is 0.182. The minimum Gasteiger partial charge on any atom is -0.302 e. The highest BCUT2D eigenvalue weighted by Gasteiger charge is 2.32. The molecule has 0 aliphatic heterocycles. The highest BCUT2D eigenvalue weighted by atomic mass is 16.1. The molecule has 1 aromatic carbocycles. The van der Waals surface area contributed by atoms with Crippen LogP contribution in [0.4, 0.5) is 0 Å². The molecule has 0 aromatic heterocycles. The quantitative estimate of drug-likeness (QED) is 0.797. The van der Waals surface area contributed by atoms with Gasteiger partial charge in [0.15, 0.2) is 0 Å². The smallest absolute Gasteiger partial charge is 0.137 e. The molecular formula is C15H21NO. The number of ketones is 1. The molecular weight excluding hydrogens is 210 g/mol. The second-order valence-corrected chi connectivity index (χ2v) is 5.14. The minimum atomic E-state index is 0.182. The van der Waals surface area contributed by atoms with E-state index in [1.54, 1.807) is 0 Å². The van der Waals surface area contributed by atoms with Gasteiger partial charge in [-0.15, -0.1) is 0 Å². The molecule has 1 fully saturated rings. The molecule has 92 valence electrons. The molecule has 1 aromatic rings. The van der Waals surface area contributed by atoms with Crippen LogP contribution >= 0.6 is 0 Å². The van der Waals surface area contributed by atoms with Gasteiger partial charge in [-0.1, -0.05) is 36.8 Å². The number of nitrogens with zero attached hydrogens (tertiary/aromatic N) is 1. The van der Waals surface area contributed by atoms with E-state index < -0.39 is 0 Å². The summed E-state index contributed by atoms with van der Waals surface area (Å²) in [5.74, 6) is 0.625. The van der Waals surface area contributed by atoms with Gasteiger partial charge >= 0.3 is 0 Å². The number of carbonyl (C=O) groups is 1. The van der Waals surface area contributed by atoms with Gasteiger partial charge < -0.3 is 4.90 Å². The maximum atomic E-state index is 12.1. The van der Waals surface area contributed by atoms with Crippen LogP contribution in [0.5, 0.6) is 0 Å². The van der Waals surface area contributed by atoms with Gasteiger partial charge in [0.2, 0.25) is 0 Å². The SMILES string of the molecule is CN(C)C(c1ccccc1)C1CCCCC1=O. The third-order valence-corrected chi connectivity index (χ3v) is 3.68. The molecule has 1 aliphatic carbocycles. The fourth-order valence-corrected chi connectivity index (χ4v) is 2.88. The van der Waals surface area contributed by atoms with Gasteiger partial charge in [-0.25, -0.2) is 0 Å². The normalized spacial score (nSPS) is 22.8. The zero-order valence-electron chi connectivity index (χ0n) is 10.7. The van der Waals surface area contributed by atoms with Crippen LogP contribution in [0.3, 0.4) is 0 Å². The third-order valence-electron chi connectivity index (χ3n) is 3.68. The Balaban J connectivity index is 2.26. The van der Waals surface area contributed by atoms with Crippen molar-refractivity contribution < 1.29 is 4.79 Å². The first kappa shape index (κ1) is 12.3. The Hall–Kier alpha value is -1.15. The molecule has 0 spiro atoms. The van der Waals surface area contributed by atoms with E-state index in [1.807, 2.05) is 6.07 Å². The van der Waals surface area contributed by atoms with E-state index in [-0.39, 0.29) is 12.0 Å². The van der Waals surface area contributed by atoms with Crippen LogP contribution in [0.1, 0.15) is 37.3 Å². The lowest BCUT2D eigenvalue weighted by Gasteiger charge is -2.34. The van der Waals surface area contributed by atoms with E-state index in [0.29, 0.717) is 5.78 Å². The first-order chi connectivity index (χ1) is 8.20. The maximum absolute atomic E-state index is 12.1. The lowest BCUT2D eigenvalue weighted by atomic mass is 9.79. The molecule has 17 heavy (non-hydrogen) atoms. The molecule has 1 aliphatic rings. The standard InChI is InChI=1S/C15H21NO/c1-16(2)15(12-8-4-3-5-9-12)13-10-6-7-11-14(13)17/h3-5,8-9,13,15H,6-7,10-11H2,1-2H3. The fourth-order valence-electron chi connectivity index (χ4n) is 2.88. The lowest BCUT2D eigenvalue weighted by molar-refractivity contribution is -0.126. The monoisotopic (exact) mass is 231 g/mol. The number of Topliss-reactive ketones (excluding diaryl/α,β-unsaturated/α-hetero) is 1. The summed E-state index contributed by atoms with van der Waals surface area (Å²) < 4.78 is 0. The van der Waals surface area contributed by atoms with Crippen molar-refractivity contribution in [2.24, 2.45) is 5.92 Å². The van der Waals surface area contributed by atoms with Gasteiger partial charge in [-0.05, 0) is 32.5 Å². The predicted octanol–water partition coefficient (Wildman–Crippen LogP) is 3.05. The topological polar surface area (TPSA) is 20.3 Å². The van der Waals surface area contributed by atoms with Gasteiger partial charge in [0.05, 0.1) is 0 Å². The van der Waals surface area contributed by atoms with Gasteiger partial charge in [0.25, 0.3) is 0 Å². The first-order valence-corrected chi connectivity index (χ1v) is 6.44. The Morgan fingerprint density at radius 1 is 1.18 bits per heavy atom. The van der Waals surface area contributed by atoms with Crippen LogP contribution in [-0.4, -0.2) is 24.8 Å². The first-order valence-electron chi connectivity index (χ1n) is 6.44. The second kappa shape index (κ2) is 5.46. The van der Waals surface area contributed by atoms with Crippen molar-refractivity contribution >= 4 is 5.78 Å². The van der Waals surface area contributed by atoms with E-state index in [0.717, 1.165) is 19.3 Å². The average molecular weight is 231 g/mol. The molecule has 2 atom stereocenters. The summed E-state index contributed by atoms with van der Waals surface area (Å²) in [6.45, 7) is 0. The van der Waals surface area contributed by atoms with Gasteiger partial charge in [-0.2, -0.15) is 0 Å². The summed E-state index contributed by atoms with van der Waals surface area (Å²) in [5.41, 5.74) is 1.26. The highest BCUT2D eigenvalue weighted by molar-refractivity contribution is 5.82. The van der Waals surface area contributed by atoms with Gasteiger partial charge in [0, 0.05) is 18.4 Å². The van der Waals surface area contributed by atoms with Crippen molar-refractivity contribution in [2.75, 3.05) is 14.1 Å². The molecule has 0 heterocycles. The van der Waals surface area contributed by atoms with Crippen LogP contribution in [0.25, 0.3) is 0 Å². The molecule has 2 heteroatoms. The van der Waals surface area contributed by atoms with E-state index in [2.05, 4.69) is 43.3 Å². The van der Waals surface area contributed by atoms with E-state index in [1.165, 1.54) is 12.0 Å². The van der Waals surface area contributed by atoms with Crippen LogP contribution in [0.2, 0.25) is 0 Å². The van der Waals surface area contributed by atoms with Crippen LogP contribution in [0, 0.1) is 5.92 Å². The van der Waals surface area contributed by atoms with Crippen molar-refractivity contribution in [3.63, 3.8) is 0 Å². The van der Waals surface area contributed by atoms with Crippen LogP contribution in [-0.2, 0) is 4.79 Å². The third kappa shape index (κ3) is 2.75. The number of benzene rings is 1. The Morgan fingerprint density at radius 3 is 2.47 bits per heavy atom. The Kier molecular flexibility index (Phi) is 3.95. The van der Waals surface area contributed by atoms with Crippen molar-refractivity contribution in [3.8, 4) is 0 Å². The number of hydrogen-bond acceptors (Lipinski definition) is 2. The molecule has 2 nitrogen and oxygen atoms in total. The molecule has 0 radical (unpaired) electrons. The number of carbonyl (C=O) groups excluding carboxylic acids is 1. The van der Waals surface area contributed by atoms with Crippen molar-refractivity contribution in [2.45, 2.75) is 31.7 Å². The Bertz CT molecular complexity index is 372. The summed E-state index contributed by atoms with van der Waals surface area (Å²) in [4.78, 5) is 14.3. The molecule has 0 saturated heterocycles. The average Bonchev–Trinajstić information content (AvgIpc) is 2.33. The summed E-state index contributed by atoms with van der Waals surface area (Å²) in [5, 5.41) is 0. The number of hydrogen-bond donors (Lipinski definition) is 0. The highest BCUT2D eigenvalue weighted by Crippen LogP contribution is 2.34. The molecule has 0 bridgehead atoms. The van der Waals surface area contributed by atoms with Crippen LogP contribution in [0.15, 0.2) is 30.3 Å². The van der Waals surface area contributed by atoms with Crippen molar-refractivity contribution in [3.05, 3.63) is 35.9 Å². The summed E-state index contributed by atoms with van der Waals surface area (Å²) >= 11 is 0. The largest absolute Gasteiger partial charge is 0.302 e. The maximum Gasteiger partial charge on any atom is 0.137 e. The lowest BCUT2D eigenvalue weighted by Crippen LogP contribution is -2.34. The van der Waals surface area contributed by atoms with Gasteiger partial charge in [0.1, 0.15) is 5.78 Å². The van der Waals surface area contributed by atoms with E-state index in [9.17, 15) is 4.79 Å². The Labute approximate surface area is 104 Å². The molecule has 1 saturated carbocycles. The Morgan fingerprint density at radius 2 is 1.88 bits per heavy atom. The van der Waals surface area contributed by atoms with E-state index in [4.69, 9.17) is 0 Å². The zero-order valence-corrected chi connectivity index (χ0v) is 10.7. The van der Waals surface area contributed by atoms with Crippen molar-refractivity contribution in [1.82, 2.24) is 4.90 Å². The molecule has 2 rings (SSSR count). The summed E-state index contributed by atoms with van der Waals surface area (Å²) in [6, 6.07) is 10.6. The summed E-state index contributed by atoms with van der Waals surface area (Å²) in [7, 11) is 4.14. The van der Waals surface area contributed by atoms with E-state index >= 15 is 0 Å². The molecule has 0 amide bonds. The van der Waals surface area contributed by atoms with Crippen LogP contribution < -0.4 is 0 Å². The zero-order chi connectivity index (χ0) is 12.3. The molecule has 2 unspecified atom stereocenters. The van der Waals surface area contributed by atoms with Gasteiger partial charge in [-0.3, -0.25) is 4.79 Å². The fraction of sp³-hybridized carbons (Fsp3) is 0.533.